The van der Waals surface area contributed by atoms with Crippen LogP contribution in [0.25, 0.3) is 0 Å². The number of rotatable bonds is 11. The van der Waals surface area contributed by atoms with Crippen LogP contribution in [0.5, 0.6) is 0 Å². The van der Waals surface area contributed by atoms with Crippen molar-refractivity contribution in [3.63, 3.8) is 0 Å². The van der Waals surface area contributed by atoms with E-state index in [1.807, 2.05) is 0 Å². The summed E-state index contributed by atoms with van der Waals surface area (Å²) in [4.78, 5) is 4.91. The van der Waals surface area contributed by atoms with Gasteiger partial charge in [-0.1, -0.05) is 20.8 Å². The lowest BCUT2D eigenvalue weighted by Gasteiger charge is -2.30. The van der Waals surface area contributed by atoms with Crippen LogP contribution in [0.15, 0.2) is 0 Å². The first-order valence-electron chi connectivity index (χ1n) is 7.59. The smallest absolute Gasteiger partial charge is 0.0112 e. The zero-order valence-electron chi connectivity index (χ0n) is 13.5. The van der Waals surface area contributed by atoms with E-state index in [0.717, 1.165) is 13.1 Å². The predicted octanol–water partition coefficient (Wildman–Crippen LogP) is 2.43. The molecule has 0 heterocycles. The fourth-order valence-corrected chi connectivity index (χ4v) is 2.14. The van der Waals surface area contributed by atoms with Gasteiger partial charge in [0.1, 0.15) is 0 Å². The van der Waals surface area contributed by atoms with E-state index in [0.29, 0.717) is 12.1 Å². The topological polar surface area (TPSA) is 18.5 Å². The van der Waals surface area contributed by atoms with Crippen LogP contribution in [0.3, 0.4) is 0 Å². The molecule has 1 atom stereocenters. The number of nitrogens with one attached hydrogen (secondary N) is 1. The van der Waals surface area contributed by atoms with Crippen LogP contribution in [-0.2, 0) is 0 Å². The summed E-state index contributed by atoms with van der Waals surface area (Å²) < 4.78 is 0. The number of hydrogen-bond donors (Lipinski definition) is 1. The largest absolute Gasteiger partial charge is 0.315 e. The zero-order chi connectivity index (χ0) is 14.0. The molecule has 18 heavy (non-hydrogen) atoms. The Morgan fingerprint density at radius 2 is 1.67 bits per heavy atom. The Morgan fingerprint density at radius 1 is 1.00 bits per heavy atom. The average molecular weight is 257 g/mol. The van der Waals surface area contributed by atoms with Crippen LogP contribution in [0, 0.1) is 0 Å². The number of hydrogen-bond acceptors (Lipinski definition) is 3. The van der Waals surface area contributed by atoms with Crippen LogP contribution in [-0.4, -0.2) is 62.2 Å². The van der Waals surface area contributed by atoms with E-state index in [1.165, 1.54) is 32.4 Å². The summed E-state index contributed by atoms with van der Waals surface area (Å²) in [5.41, 5.74) is 0. The summed E-state index contributed by atoms with van der Waals surface area (Å²) in [6.45, 7) is 13.8. The van der Waals surface area contributed by atoms with Gasteiger partial charge in [-0.15, -0.1) is 0 Å². The van der Waals surface area contributed by atoms with Crippen molar-refractivity contribution in [1.29, 1.82) is 0 Å². The average Bonchev–Trinajstić information content (AvgIpc) is 2.29. The lowest BCUT2D eigenvalue weighted by Crippen LogP contribution is -2.39. The van der Waals surface area contributed by atoms with Crippen LogP contribution in [0.4, 0.5) is 0 Å². The highest BCUT2D eigenvalue weighted by Crippen LogP contribution is 2.07. The molecule has 3 heteroatoms. The molecule has 0 bridgehead atoms. The molecule has 1 unspecified atom stereocenters. The molecule has 0 rings (SSSR count). The maximum Gasteiger partial charge on any atom is 0.0112 e. The monoisotopic (exact) mass is 257 g/mol. The van der Waals surface area contributed by atoms with Crippen molar-refractivity contribution in [3.8, 4) is 0 Å². The normalized spacial score (nSPS) is 13.8. The van der Waals surface area contributed by atoms with Crippen molar-refractivity contribution >= 4 is 0 Å². The van der Waals surface area contributed by atoms with Crippen molar-refractivity contribution in [2.45, 2.75) is 59.0 Å². The highest BCUT2D eigenvalue weighted by atomic mass is 15.2. The van der Waals surface area contributed by atoms with Gasteiger partial charge in [0, 0.05) is 25.2 Å². The standard InChI is InChI=1S/C15H35N3/c1-7-11-18(13-12-17(5)6)15(4)9-8-10-16-14(2)3/h14-16H,7-13H2,1-6H3. The third-order valence-corrected chi connectivity index (χ3v) is 3.32. The predicted molar refractivity (Wildman–Crippen MR) is 82.3 cm³/mol. The Kier molecular flexibility index (Phi) is 10.7. The van der Waals surface area contributed by atoms with Crippen molar-refractivity contribution in [2.75, 3.05) is 40.3 Å². The minimum absolute atomic E-state index is 0.612. The molecule has 0 amide bonds. The second kappa shape index (κ2) is 10.8. The number of likely N-dealkylation sites (N-methyl/N-ethyl adjacent to an activating group) is 1. The maximum atomic E-state index is 3.50. The zero-order valence-corrected chi connectivity index (χ0v) is 13.5. The van der Waals surface area contributed by atoms with Crippen molar-refractivity contribution < 1.29 is 0 Å². The first-order chi connectivity index (χ1) is 8.47. The lowest BCUT2D eigenvalue weighted by molar-refractivity contribution is 0.179. The van der Waals surface area contributed by atoms with Crippen molar-refractivity contribution in [3.05, 3.63) is 0 Å². The molecule has 1 N–H and O–H groups in total. The molecule has 0 radical (unpaired) electrons. The molecule has 0 spiro atoms. The molecule has 0 aliphatic carbocycles. The fourth-order valence-electron chi connectivity index (χ4n) is 2.14. The van der Waals surface area contributed by atoms with E-state index in [-0.39, 0.29) is 0 Å². The Hall–Kier alpha value is -0.120. The molecule has 0 fully saturated rings. The molecule has 3 nitrogen and oxygen atoms in total. The van der Waals surface area contributed by atoms with E-state index < -0.39 is 0 Å². The SMILES string of the molecule is CCCN(CCN(C)C)C(C)CCCNC(C)C. The van der Waals surface area contributed by atoms with Gasteiger partial charge in [0.25, 0.3) is 0 Å². The van der Waals surface area contributed by atoms with Gasteiger partial charge in [-0.05, 0) is 53.4 Å². The van der Waals surface area contributed by atoms with Gasteiger partial charge in [0.05, 0.1) is 0 Å². The lowest BCUT2D eigenvalue weighted by atomic mass is 10.1. The summed E-state index contributed by atoms with van der Waals surface area (Å²) in [6, 6.07) is 1.32. The van der Waals surface area contributed by atoms with Gasteiger partial charge in [-0.2, -0.15) is 0 Å². The van der Waals surface area contributed by atoms with E-state index in [2.05, 4.69) is 56.9 Å². The molecule has 0 aliphatic heterocycles. The van der Waals surface area contributed by atoms with E-state index in [9.17, 15) is 0 Å². The summed E-state index contributed by atoms with van der Waals surface area (Å²) in [6.07, 6.45) is 3.83. The summed E-state index contributed by atoms with van der Waals surface area (Å²) >= 11 is 0. The van der Waals surface area contributed by atoms with E-state index >= 15 is 0 Å². The minimum Gasteiger partial charge on any atom is -0.315 e. The summed E-state index contributed by atoms with van der Waals surface area (Å²) in [5, 5.41) is 3.50. The molecule has 0 aromatic rings. The quantitative estimate of drug-likeness (QED) is 0.574. The molecule has 0 aromatic carbocycles. The van der Waals surface area contributed by atoms with E-state index in [4.69, 9.17) is 0 Å². The third kappa shape index (κ3) is 9.86. The molecule has 0 saturated carbocycles. The molecular formula is C15H35N3. The summed E-state index contributed by atoms with van der Waals surface area (Å²) in [5.74, 6) is 0. The van der Waals surface area contributed by atoms with Gasteiger partial charge in [0.15, 0.2) is 0 Å². The molecule has 0 saturated heterocycles. The van der Waals surface area contributed by atoms with Crippen molar-refractivity contribution in [1.82, 2.24) is 15.1 Å². The molecule has 110 valence electrons. The van der Waals surface area contributed by atoms with Gasteiger partial charge in [0.2, 0.25) is 0 Å². The maximum absolute atomic E-state index is 3.50. The van der Waals surface area contributed by atoms with Gasteiger partial charge in [-0.25, -0.2) is 0 Å². The van der Waals surface area contributed by atoms with Crippen LogP contribution in [0.2, 0.25) is 0 Å². The van der Waals surface area contributed by atoms with Crippen LogP contribution < -0.4 is 5.32 Å². The molecule has 0 aliphatic rings. The van der Waals surface area contributed by atoms with Gasteiger partial charge in [-0.3, -0.25) is 4.90 Å². The van der Waals surface area contributed by atoms with Crippen LogP contribution >= 0.6 is 0 Å². The Bertz CT molecular complexity index is 181. The van der Waals surface area contributed by atoms with Gasteiger partial charge < -0.3 is 10.2 Å². The highest BCUT2D eigenvalue weighted by Gasteiger charge is 2.12. The second-order valence-electron chi connectivity index (χ2n) is 5.94. The second-order valence-corrected chi connectivity index (χ2v) is 5.94. The van der Waals surface area contributed by atoms with E-state index in [1.54, 1.807) is 0 Å². The molecular weight excluding hydrogens is 222 g/mol. The first kappa shape index (κ1) is 17.9. The Balaban J connectivity index is 3.86. The van der Waals surface area contributed by atoms with Crippen LogP contribution in [0.1, 0.15) is 47.0 Å². The number of nitrogens with zero attached hydrogens (tertiary/aromatic N) is 2. The fraction of sp³-hybridized carbons (Fsp3) is 1.00. The minimum atomic E-state index is 0.612. The highest BCUT2D eigenvalue weighted by molar-refractivity contribution is 4.69. The van der Waals surface area contributed by atoms with Crippen molar-refractivity contribution in [2.24, 2.45) is 0 Å². The molecule has 0 aromatic heterocycles. The summed E-state index contributed by atoms with van der Waals surface area (Å²) in [7, 11) is 4.31. The Morgan fingerprint density at radius 3 is 2.17 bits per heavy atom. The van der Waals surface area contributed by atoms with Gasteiger partial charge >= 0.3 is 0 Å². The first-order valence-corrected chi connectivity index (χ1v) is 7.59. The Labute approximate surface area is 115 Å². The third-order valence-electron chi connectivity index (χ3n) is 3.32.